The highest BCUT2D eigenvalue weighted by Crippen LogP contribution is 2.20. The monoisotopic (exact) mass is 341 g/mol. The highest BCUT2D eigenvalue weighted by Gasteiger charge is 2.21. The lowest BCUT2D eigenvalue weighted by molar-refractivity contribution is -0.385. The molecule has 1 heterocycles. The Kier molecular flexibility index (Phi) is 4.34. The fraction of sp³-hybridized carbons (Fsp3) is 0.176. The molecule has 0 N–H and O–H groups in total. The Hall–Kier alpha value is -3.42. The molecule has 0 unspecified atom stereocenters. The minimum absolute atomic E-state index is 0.116. The molecule has 0 aliphatic carbocycles. The van der Waals surface area contributed by atoms with Gasteiger partial charge in [0.2, 0.25) is 0 Å². The molecule has 25 heavy (non-hydrogen) atoms. The third-order valence-electron chi connectivity index (χ3n) is 3.79. The van der Waals surface area contributed by atoms with Crippen molar-refractivity contribution >= 4 is 22.7 Å². The van der Waals surface area contributed by atoms with E-state index in [1.807, 2.05) is 0 Å². The second-order valence-electron chi connectivity index (χ2n) is 5.28. The summed E-state index contributed by atoms with van der Waals surface area (Å²) in [5, 5.41) is 11.6. The number of para-hydroxylation sites is 2. The van der Waals surface area contributed by atoms with Crippen LogP contribution in [0.2, 0.25) is 0 Å². The number of nitro groups is 1. The quantitative estimate of drug-likeness (QED) is 0.537. The lowest BCUT2D eigenvalue weighted by atomic mass is 10.2. The molecular formula is C17H15N3O5. The van der Waals surface area contributed by atoms with Crippen LogP contribution in [0.1, 0.15) is 12.5 Å². The number of benzene rings is 2. The van der Waals surface area contributed by atoms with Crippen molar-refractivity contribution in [3.63, 3.8) is 0 Å². The zero-order valence-electron chi connectivity index (χ0n) is 13.4. The molecule has 0 radical (unpaired) electrons. The number of hydrogen-bond acceptors (Lipinski definition) is 5. The van der Waals surface area contributed by atoms with Crippen LogP contribution in [0.15, 0.2) is 53.3 Å². The summed E-state index contributed by atoms with van der Waals surface area (Å²) in [6.07, 6.45) is -0.709. The predicted molar refractivity (Wildman–Crippen MR) is 90.8 cm³/mol. The van der Waals surface area contributed by atoms with Gasteiger partial charge in [0.15, 0.2) is 0 Å². The smallest absolute Gasteiger partial charge is 0.433 e. The number of nitrogens with zero attached hydrogens (tertiary/aromatic N) is 3. The SMILES string of the molecule is CCOC(=O)n1c2ccccc2c(=O)n1Cc1ccccc1[N+](=O)[O-]. The molecule has 0 saturated heterocycles. The molecule has 0 atom stereocenters. The van der Waals surface area contributed by atoms with Crippen LogP contribution >= 0.6 is 0 Å². The fourth-order valence-corrected chi connectivity index (χ4v) is 2.71. The Morgan fingerprint density at radius 3 is 2.56 bits per heavy atom. The van der Waals surface area contributed by atoms with Crippen LogP contribution in [0.3, 0.4) is 0 Å². The van der Waals surface area contributed by atoms with Crippen molar-refractivity contribution in [2.75, 3.05) is 6.61 Å². The first-order valence-corrected chi connectivity index (χ1v) is 7.64. The number of nitro benzene ring substituents is 1. The number of hydrogen-bond donors (Lipinski definition) is 0. The average molecular weight is 341 g/mol. The van der Waals surface area contributed by atoms with E-state index in [0.717, 1.165) is 9.36 Å². The topological polar surface area (TPSA) is 96.4 Å². The van der Waals surface area contributed by atoms with Gasteiger partial charge < -0.3 is 4.74 Å². The standard InChI is InChI=1S/C17H15N3O5/c1-2-25-17(22)19-15-10-6-4-8-13(15)16(21)18(19)11-12-7-3-5-9-14(12)20(23)24/h3-10H,2,11H2,1H3. The van der Waals surface area contributed by atoms with Gasteiger partial charge in [-0.2, -0.15) is 4.68 Å². The van der Waals surface area contributed by atoms with Crippen LogP contribution in [0.5, 0.6) is 0 Å². The first-order valence-electron chi connectivity index (χ1n) is 7.64. The maximum absolute atomic E-state index is 12.7. The van der Waals surface area contributed by atoms with Gasteiger partial charge in [-0.15, -0.1) is 0 Å². The third-order valence-corrected chi connectivity index (χ3v) is 3.79. The number of carbonyl (C=O) groups is 1. The molecule has 0 amide bonds. The van der Waals surface area contributed by atoms with Crippen LogP contribution in [-0.4, -0.2) is 27.0 Å². The Labute approximate surface area is 142 Å². The fourth-order valence-electron chi connectivity index (χ4n) is 2.71. The Morgan fingerprint density at radius 1 is 1.16 bits per heavy atom. The van der Waals surface area contributed by atoms with Gasteiger partial charge in [-0.1, -0.05) is 30.3 Å². The molecule has 0 fully saturated rings. The van der Waals surface area contributed by atoms with E-state index >= 15 is 0 Å². The van der Waals surface area contributed by atoms with E-state index < -0.39 is 16.6 Å². The normalized spacial score (nSPS) is 10.8. The van der Waals surface area contributed by atoms with E-state index in [1.165, 1.54) is 6.07 Å². The van der Waals surface area contributed by atoms with Crippen molar-refractivity contribution in [1.29, 1.82) is 0 Å². The molecule has 128 valence electrons. The van der Waals surface area contributed by atoms with E-state index in [-0.39, 0.29) is 18.8 Å². The maximum atomic E-state index is 12.7. The molecule has 3 rings (SSSR count). The van der Waals surface area contributed by atoms with Gasteiger partial charge in [-0.25, -0.2) is 9.48 Å². The zero-order valence-corrected chi connectivity index (χ0v) is 13.4. The van der Waals surface area contributed by atoms with Gasteiger partial charge in [-0.3, -0.25) is 14.9 Å². The van der Waals surface area contributed by atoms with Crippen molar-refractivity contribution in [3.05, 3.63) is 74.6 Å². The van der Waals surface area contributed by atoms with Crippen LogP contribution in [0.4, 0.5) is 10.5 Å². The highest BCUT2D eigenvalue weighted by atomic mass is 16.6. The minimum atomic E-state index is -0.709. The van der Waals surface area contributed by atoms with Gasteiger partial charge in [0, 0.05) is 6.07 Å². The van der Waals surface area contributed by atoms with Crippen molar-refractivity contribution in [3.8, 4) is 0 Å². The highest BCUT2D eigenvalue weighted by molar-refractivity contribution is 5.87. The molecule has 2 aromatic carbocycles. The van der Waals surface area contributed by atoms with Crippen molar-refractivity contribution in [2.24, 2.45) is 0 Å². The Morgan fingerprint density at radius 2 is 1.84 bits per heavy atom. The second kappa shape index (κ2) is 6.60. The molecule has 0 aliphatic rings. The molecule has 8 heteroatoms. The van der Waals surface area contributed by atoms with Gasteiger partial charge in [-0.05, 0) is 19.1 Å². The van der Waals surface area contributed by atoms with Gasteiger partial charge >= 0.3 is 6.09 Å². The second-order valence-corrected chi connectivity index (χ2v) is 5.28. The van der Waals surface area contributed by atoms with Crippen LogP contribution in [-0.2, 0) is 11.3 Å². The molecule has 0 aliphatic heterocycles. The zero-order chi connectivity index (χ0) is 18.0. The summed E-state index contributed by atoms with van der Waals surface area (Å²) < 4.78 is 7.32. The first kappa shape index (κ1) is 16.4. The largest absolute Gasteiger partial charge is 0.448 e. The number of ether oxygens (including phenoxy) is 1. The van der Waals surface area contributed by atoms with Crippen LogP contribution < -0.4 is 5.56 Å². The summed E-state index contributed by atoms with van der Waals surface area (Å²) in [5.41, 5.74) is 0.185. The summed E-state index contributed by atoms with van der Waals surface area (Å²) in [6, 6.07) is 12.7. The van der Waals surface area contributed by atoms with Gasteiger partial charge in [0.05, 0.1) is 34.5 Å². The van der Waals surface area contributed by atoms with E-state index in [0.29, 0.717) is 16.5 Å². The molecule has 0 spiro atoms. The van der Waals surface area contributed by atoms with Gasteiger partial charge in [0.25, 0.3) is 11.2 Å². The number of fused-ring (bicyclic) bond motifs is 1. The minimum Gasteiger partial charge on any atom is -0.448 e. The van der Waals surface area contributed by atoms with Gasteiger partial charge in [0.1, 0.15) is 0 Å². The molecule has 8 nitrogen and oxygen atoms in total. The third kappa shape index (κ3) is 2.89. The summed E-state index contributed by atoms with van der Waals surface area (Å²) in [7, 11) is 0. The molecule has 3 aromatic rings. The average Bonchev–Trinajstić information content (AvgIpc) is 2.88. The maximum Gasteiger partial charge on any atom is 0.433 e. The van der Waals surface area contributed by atoms with E-state index in [9.17, 15) is 19.7 Å². The lowest BCUT2D eigenvalue weighted by Gasteiger charge is -2.11. The summed E-state index contributed by atoms with van der Waals surface area (Å²) in [5.74, 6) is 0. The summed E-state index contributed by atoms with van der Waals surface area (Å²) in [4.78, 5) is 35.8. The number of carbonyl (C=O) groups excluding carboxylic acids is 1. The summed E-state index contributed by atoms with van der Waals surface area (Å²) >= 11 is 0. The molecular weight excluding hydrogens is 326 g/mol. The summed E-state index contributed by atoms with van der Waals surface area (Å²) in [6.45, 7) is 1.68. The predicted octanol–water partition coefficient (Wildman–Crippen LogP) is 2.76. The lowest BCUT2D eigenvalue weighted by Crippen LogP contribution is -2.29. The molecule has 0 bridgehead atoms. The van der Waals surface area contributed by atoms with Crippen molar-refractivity contribution in [1.82, 2.24) is 9.36 Å². The number of rotatable bonds is 4. The Bertz CT molecular complexity index is 1020. The van der Waals surface area contributed by atoms with Crippen LogP contribution in [0, 0.1) is 10.1 Å². The van der Waals surface area contributed by atoms with E-state index in [1.54, 1.807) is 49.4 Å². The van der Waals surface area contributed by atoms with Crippen molar-refractivity contribution in [2.45, 2.75) is 13.5 Å². The molecule has 0 saturated carbocycles. The first-order chi connectivity index (χ1) is 12.0. The van der Waals surface area contributed by atoms with Crippen LogP contribution in [0.25, 0.3) is 10.9 Å². The van der Waals surface area contributed by atoms with E-state index in [2.05, 4.69) is 0 Å². The van der Waals surface area contributed by atoms with E-state index in [4.69, 9.17) is 4.74 Å². The number of aromatic nitrogens is 2. The van der Waals surface area contributed by atoms with Crippen molar-refractivity contribution < 1.29 is 14.5 Å². The molecule has 1 aromatic heterocycles. The Balaban J connectivity index is 2.21.